The molecule has 0 fully saturated rings. The Hall–Kier alpha value is -1.82. The van der Waals surface area contributed by atoms with E-state index in [2.05, 4.69) is 36.3 Å². The van der Waals surface area contributed by atoms with Gasteiger partial charge in [-0.2, -0.15) is 0 Å². The summed E-state index contributed by atoms with van der Waals surface area (Å²) in [6, 6.07) is 3.90. The molecule has 3 rings (SSSR count). The van der Waals surface area contributed by atoms with Gasteiger partial charge in [0.1, 0.15) is 0 Å². The molecule has 1 aliphatic heterocycles. The highest BCUT2D eigenvalue weighted by Crippen LogP contribution is 2.35. The molecule has 6 heteroatoms. The second-order valence-electron chi connectivity index (χ2n) is 6.42. The molecule has 0 aliphatic carbocycles. The summed E-state index contributed by atoms with van der Waals surface area (Å²) in [6.45, 7) is 7.90. The summed E-state index contributed by atoms with van der Waals surface area (Å²) in [5, 5.41) is 11.9. The minimum Gasteiger partial charge on any atom is -0.308 e. The minimum atomic E-state index is -0.869. The Balaban J connectivity index is 2.07. The third kappa shape index (κ3) is 2.44. The number of hydrogen-bond donors (Lipinski definition) is 1. The highest BCUT2D eigenvalue weighted by molar-refractivity contribution is 5.55. The zero-order valence-electron chi connectivity index (χ0n) is 12.3. The lowest BCUT2D eigenvalue weighted by atomic mass is 9.85. The molecule has 1 unspecified atom stereocenters. The van der Waals surface area contributed by atoms with E-state index < -0.39 is 11.6 Å². The van der Waals surface area contributed by atoms with Crippen molar-refractivity contribution in [3.63, 3.8) is 0 Å². The van der Waals surface area contributed by atoms with Gasteiger partial charge in [-0.05, 0) is 23.6 Å². The van der Waals surface area contributed by atoms with Gasteiger partial charge in [0.25, 0.3) is 0 Å². The molecule has 0 amide bonds. The largest absolute Gasteiger partial charge is 0.308 e. The van der Waals surface area contributed by atoms with E-state index in [1.54, 1.807) is 0 Å². The predicted octanol–water partition coefficient (Wildman–Crippen LogP) is 2.91. The zero-order valence-corrected chi connectivity index (χ0v) is 12.3. The van der Waals surface area contributed by atoms with Crippen LogP contribution in [0.2, 0.25) is 0 Å². The van der Waals surface area contributed by atoms with Crippen LogP contribution in [0.4, 0.5) is 8.78 Å². The van der Waals surface area contributed by atoms with Crippen LogP contribution in [0.5, 0.6) is 0 Å². The van der Waals surface area contributed by atoms with Gasteiger partial charge >= 0.3 is 0 Å². The Kier molecular flexibility index (Phi) is 3.28. The number of nitrogens with zero attached hydrogens (tertiary/aromatic N) is 3. The maximum atomic E-state index is 13.4. The van der Waals surface area contributed by atoms with Crippen LogP contribution in [-0.4, -0.2) is 21.3 Å². The highest BCUT2D eigenvalue weighted by atomic mass is 19.2. The minimum absolute atomic E-state index is 0.00345. The monoisotopic (exact) mass is 292 g/mol. The van der Waals surface area contributed by atoms with Gasteiger partial charge in [0.15, 0.2) is 23.3 Å². The molecule has 1 aromatic heterocycles. The van der Waals surface area contributed by atoms with Crippen molar-refractivity contribution >= 4 is 0 Å². The normalized spacial score (nSPS) is 18.6. The van der Waals surface area contributed by atoms with Crippen molar-refractivity contribution in [1.29, 1.82) is 0 Å². The van der Waals surface area contributed by atoms with Crippen LogP contribution in [0.3, 0.4) is 0 Å². The molecule has 0 radical (unpaired) electrons. The van der Waals surface area contributed by atoms with Crippen LogP contribution in [0.15, 0.2) is 18.2 Å². The topological polar surface area (TPSA) is 42.7 Å². The van der Waals surface area contributed by atoms with E-state index in [0.717, 1.165) is 18.4 Å². The number of nitrogens with one attached hydrogen (secondary N) is 1. The van der Waals surface area contributed by atoms with Gasteiger partial charge in [0, 0.05) is 18.7 Å². The van der Waals surface area contributed by atoms with Crippen LogP contribution in [0.1, 0.15) is 32.6 Å². The number of aromatic nitrogens is 3. The van der Waals surface area contributed by atoms with E-state index in [4.69, 9.17) is 0 Å². The molecule has 112 valence electrons. The van der Waals surface area contributed by atoms with Crippen LogP contribution >= 0.6 is 0 Å². The van der Waals surface area contributed by atoms with Gasteiger partial charge in [-0.25, -0.2) is 8.78 Å². The first-order valence-electron chi connectivity index (χ1n) is 7.00. The lowest BCUT2D eigenvalue weighted by Gasteiger charge is -2.34. The number of rotatable bonds is 1. The summed E-state index contributed by atoms with van der Waals surface area (Å²) < 4.78 is 28.5. The average Bonchev–Trinajstić information content (AvgIpc) is 2.84. The summed E-state index contributed by atoms with van der Waals surface area (Å²) in [7, 11) is 0. The first-order valence-corrected chi connectivity index (χ1v) is 7.00. The molecule has 1 atom stereocenters. The molecule has 0 saturated carbocycles. The fourth-order valence-corrected chi connectivity index (χ4v) is 2.70. The molecule has 1 N–H and O–H groups in total. The number of benzene rings is 1. The molecule has 21 heavy (non-hydrogen) atoms. The third-order valence-corrected chi connectivity index (χ3v) is 3.77. The van der Waals surface area contributed by atoms with E-state index in [-0.39, 0.29) is 11.5 Å². The van der Waals surface area contributed by atoms with Crippen LogP contribution in [-0.2, 0) is 6.54 Å². The molecule has 1 aromatic carbocycles. The van der Waals surface area contributed by atoms with Gasteiger partial charge in [-0.15, -0.1) is 10.2 Å². The Morgan fingerprint density at radius 2 is 1.95 bits per heavy atom. The van der Waals surface area contributed by atoms with E-state index in [9.17, 15) is 8.78 Å². The van der Waals surface area contributed by atoms with Gasteiger partial charge in [-0.3, -0.25) is 0 Å². The van der Waals surface area contributed by atoms with Gasteiger partial charge in [0.05, 0.1) is 6.04 Å². The smallest absolute Gasteiger partial charge is 0.164 e. The Bertz CT molecular complexity index is 673. The van der Waals surface area contributed by atoms with Crippen molar-refractivity contribution in [3.8, 4) is 11.4 Å². The second kappa shape index (κ2) is 4.87. The van der Waals surface area contributed by atoms with Crippen molar-refractivity contribution in [1.82, 2.24) is 20.1 Å². The Labute approximate surface area is 122 Å². The third-order valence-electron chi connectivity index (χ3n) is 3.77. The molecule has 0 bridgehead atoms. The fraction of sp³-hybridized carbons (Fsp3) is 0.467. The van der Waals surface area contributed by atoms with Crippen LogP contribution < -0.4 is 5.32 Å². The number of halogens is 2. The van der Waals surface area contributed by atoms with Gasteiger partial charge in [0.2, 0.25) is 0 Å². The summed E-state index contributed by atoms with van der Waals surface area (Å²) in [6.07, 6.45) is 0. The quantitative estimate of drug-likeness (QED) is 0.879. The van der Waals surface area contributed by atoms with Crippen LogP contribution in [0, 0.1) is 17.0 Å². The standard InChI is InChI=1S/C15H18F2N4/c1-15(2,3)12-14-20-19-13(21(14)7-6-18-12)9-4-5-10(16)11(17)8-9/h4-5,8,12,18H,6-7H2,1-3H3. The van der Waals surface area contributed by atoms with E-state index in [1.807, 2.05) is 4.57 Å². The summed E-state index contributed by atoms with van der Waals surface area (Å²) in [5.74, 6) is -0.300. The van der Waals surface area contributed by atoms with Gasteiger partial charge in [-0.1, -0.05) is 20.8 Å². The first-order chi connectivity index (χ1) is 9.88. The molecule has 4 nitrogen and oxygen atoms in total. The Morgan fingerprint density at radius 1 is 1.19 bits per heavy atom. The second-order valence-corrected chi connectivity index (χ2v) is 6.42. The lowest BCUT2D eigenvalue weighted by Crippen LogP contribution is -2.40. The molecule has 1 aliphatic rings. The van der Waals surface area contributed by atoms with E-state index in [0.29, 0.717) is 17.9 Å². The molecule has 2 heterocycles. The summed E-state index contributed by atoms with van der Waals surface area (Å²) in [5.41, 5.74) is 0.540. The van der Waals surface area contributed by atoms with Crippen molar-refractivity contribution in [2.75, 3.05) is 6.54 Å². The molecule has 2 aromatic rings. The molecular formula is C15H18F2N4. The first kappa shape index (κ1) is 14.1. The van der Waals surface area contributed by atoms with Crippen molar-refractivity contribution < 1.29 is 8.78 Å². The predicted molar refractivity (Wildman–Crippen MR) is 75.6 cm³/mol. The molecule has 0 spiro atoms. The average molecular weight is 292 g/mol. The van der Waals surface area contributed by atoms with Crippen molar-refractivity contribution in [2.24, 2.45) is 5.41 Å². The number of fused-ring (bicyclic) bond motifs is 1. The SMILES string of the molecule is CC(C)(C)C1NCCn2c(-c3ccc(F)c(F)c3)nnc21. The fourth-order valence-electron chi connectivity index (χ4n) is 2.70. The van der Waals surface area contributed by atoms with Crippen molar-refractivity contribution in [3.05, 3.63) is 35.7 Å². The number of hydrogen-bond acceptors (Lipinski definition) is 3. The van der Waals surface area contributed by atoms with E-state index >= 15 is 0 Å². The highest BCUT2D eigenvalue weighted by Gasteiger charge is 2.33. The molecular weight excluding hydrogens is 274 g/mol. The Morgan fingerprint density at radius 3 is 2.62 bits per heavy atom. The van der Waals surface area contributed by atoms with Crippen molar-refractivity contribution in [2.45, 2.75) is 33.4 Å². The lowest BCUT2D eigenvalue weighted by molar-refractivity contribution is 0.234. The van der Waals surface area contributed by atoms with Crippen LogP contribution in [0.25, 0.3) is 11.4 Å². The molecule has 0 saturated heterocycles. The summed E-state index contributed by atoms with van der Waals surface area (Å²) >= 11 is 0. The zero-order chi connectivity index (χ0) is 15.2. The summed E-state index contributed by atoms with van der Waals surface area (Å²) in [4.78, 5) is 0. The maximum Gasteiger partial charge on any atom is 0.164 e. The van der Waals surface area contributed by atoms with Gasteiger partial charge < -0.3 is 9.88 Å². The maximum absolute atomic E-state index is 13.4. The van der Waals surface area contributed by atoms with E-state index in [1.165, 1.54) is 12.1 Å².